The van der Waals surface area contributed by atoms with Crippen molar-refractivity contribution in [2.75, 3.05) is 34.2 Å². The number of aromatic nitrogens is 1. The standard InChI is InChI=1S/C20H25ClFN5O4S/c1-2-11-32(30,31)26-15-7-6-14(21)17(18(15)22)19(28)24-13-5-8-16(23-12-13)25-20(29)27-9-3-4-10-27/h5-8,12,20,26,29H,2-4,9-11H2,1H3,(H,23,25)(H,24,28). The average Bonchev–Trinajstić information content (AvgIpc) is 3.27. The van der Waals surface area contributed by atoms with Crippen LogP contribution in [0.15, 0.2) is 30.5 Å². The zero-order valence-electron chi connectivity index (χ0n) is 17.4. The summed E-state index contributed by atoms with van der Waals surface area (Å²) in [6.45, 7) is 3.27. The quantitative estimate of drug-likeness (QED) is 0.402. The van der Waals surface area contributed by atoms with Crippen molar-refractivity contribution in [1.82, 2.24) is 9.88 Å². The van der Waals surface area contributed by atoms with Crippen LogP contribution in [-0.2, 0) is 10.0 Å². The molecule has 1 aliphatic heterocycles. The molecule has 1 aromatic carbocycles. The Morgan fingerprint density at radius 3 is 2.62 bits per heavy atom. The Bertz CT molecular complexity index is 1060. The lowest BCUT2D eigenvalue weighted by Gasteiger charge is -2.23. The van der Waals surface area contributed by atoms with Gasteiger partial charge in [0.1, 0.15) is 5.82 Å². The summed E-state index contributed by atoms with van der Waals surface area (Å²) < 4.78 is 40.9. The minimum Gasteiger partial charge on any atom is -0.361 e. The van der Waals surface area contributed by atoms with Gasteiger partial charge >= 0.3 is 0 Å². The van der Waals surface area contributed by atoms with Crippen LogP contribution >= 0.6 is 11.6 Å². The molecule has 0 aliphatic carbocycles. The molecule has 2 heterocycles. The van der Waals surface area contributed by atoms with Crippen molar-refractivity contribution in [3.05, 3.63) is 46.9 Å². The molecule has 1 unspecified atom stereocenters. The highest BCUT2D eigenvalue weighted by Crippen LogP contribution is 2.27. The number of benzene rings is 1. The smallest absolute Gasteiger partial charge is 0.260 e. The van der Waals surface area contributed by atoms with Crippen molar-refractivity contribution >= 4 is 44.7 Å². The van der Waals surface area contributed by atoms with Crippen LogP contribution in [0.1, 0.15) is 36.5 Å². The van der Waals surface area contributed by atoms with Gasteiger partial charge in [0.2, 0.25) is 10.0 Å². The molecule has 0 radical (unpaired) electrons. The Balaban J connectivity index is 1.70. The molecule has 2 aromatic rings. The van der Waals surface area contributed by atoms with Crippen molar-refractivity contribution in [2.24, 2.45) is 0 Å². The summed E-state index contributed by atoms with van der Waals surface area (Å²) in [6, 6.07) is 5.50. The van der Waals surface area contributed by atoms with Crippen molar-refractivity contribution in [1.29, 1.82) is 0 Å². The van der Waals surface area contributed by atoms with E-state index in [1.54, 1.807) is 13.0 Å². The molecule has 1 fully saturated rings. The number of carbonyl (C=O) groups is 1. The molecule has 1 aromatic heterocycles. The zero-order valence-corrected chi connectivity index (χ0v) is 19.0. The highest BCUT2D eigenvalue weighted by atomic mass is 35.5. The lowest BCUT2D eigenvalue weighted by atomic mass is 10.1. The van der Waals surface area contributed by atoms with Gasteiger partial charge in [-0.25, -0.2) is 17.8 Å². The highest BCUT2D eigenvalue weighted by molar-refractivity contribution is 7.92. The van der Waals surface area contributed by atoms with Gasteiger partial charge in [0.05, 0.1) is 33.9 Å². The fraction of sp³-hybridized carbons (Fsp3) is 0.400. The van der Waals surface area contributed by atoms with E-state index in [1.165, 1.54) is 18.3 Å². The summed E-state index contributed by atoms with van der Waals surface area (Å²) in [6.07, 6.45) is 2.88. The summed E-state index contributed by atoms with van der Waals surface area (Å²) in [7, 11) is -3.75. The van der Waals surface area contributed by atoms with Gasteiger partial charge in [0.15, 0.2) is 12.2 Å². The number of aliphatic hydroxyl groups excluding tert-OH is 1. The molecule has 32 heavy (non-hydrogen) atoms. The third-order valence-corrected chi connectivity index (χ3v) is 6.63. The van der Waals surface area contributed by atoms with Crippen molar-refractivity contribution < 1.29 is 22.7 Å². The molecule has 12 heteroatoms. The van der Waals surface area contributed by atoms with Gasteiger partial charge in [-0.3, -0.25) is 14.4 Å². The SMILES string of the molecule is CCCS(=O)(=O)Nc1ccc(Cl)c(C(=O)Nc2ccc(NC(O)N3CCCC3)nc2)c1F. The first-order valence-corrected chi connectivity index (χ1v) is 12.2. The lowest BCUT2D eigenvalue weighted by Crippen LogP contribution is -2.38. The summed E-state index contributed by atoms with van der Waals surface area (Å²) >= 11 is 6.00. The topological polar surface area (TPSA) is 124 Å². The first kappa shape index (κ1) is 24.2. The molecule has 9 nitrogen and oxygen atoms in total. The fourth-order valence-corrected chi connectivity index (χ4v) is 4.65. The van der Waals surface area contributed by atoms with Crippen LogP contribution in [0.4, 0.5) is 21.6 Å². The number of aliphatic hydroxyl groups is 1. The molecule has 4 N–H and O–H groups in total. The van der Waals surface area contributed by atoms with Crippen LogP contribution in [0.5, 0.6) is 0 Å². The Kier molecular flexibility index (Phi) is 7.88. The van der Waals surface area contributed by atoms with E-state index >= 15 is 0 Å². The van der Waals surface area contributed by atoms with Crippen LogP contribution in [0.3, 0.4) is 0 Å². The molecule has 3 rings (SSSR count). The van der Waals surface area contributed by atoms with Gasteiger partial charge in [0, 0.05) is 13.1 Å². The second kappa shape index (κ2) is 10.4. The molecule has 174 valence electrons. The van der Waals surface area contributed by atoms with Gasteiger partial charge in [-0.2, -0.15) is 0 Å². The third kappa shape index (κ3) is 6.06. The van der Waals surface area contributed by atoms with Crippen LogP contribution in [0, 0.1) is 5.82 Å². The maximum atomic E-state index is 14.9. The second-order valence-corrected chi connectivity index (χ2v) is 9.60. The fourth-order valence-electron chi connectivity index (χ4n) is 3.28. The Labute approximate surface area is 191 Å². The van der Waals surface area contributed by atoms with E-state index in [4.69, 9.17) is 11.6 Å². The van der Waals surface area contributed by atoms with Gasteiger partial charge in [-0.1, -0.05) is 18.5 Å². The summed E-state index contributed by atoms with van der Waals surface area (Å²) in [4.78, 5) is 18.6. The minimum atomic E-state index is -3.75. The number of halogens is 2. The maximum absolute atomic E-state index is 14.9. The summed E-state index contributed by atoms with van der Waals surface area (Å²) in [5.41, 5.74) is -0.583. The molecule has 0 spiro atoms. The molecule has 1 atom stereocenters. The van der Waals surface area contributed by atoms with Gasteiger partial charge in [-0.15, -0.1) is 0 Å². The lowest BCUT2D eigenvalue weighted by molar-refractivity contribution is 0.0443. The summed E-state index contributed by atoms with van der Waals surface area (Å²) in [5, 5.41) is 15.4. The van der Waals surface area contributed by atoms with E-state index in [2.05, 4.69) is 20.3 Å². The van der Waals surface area contributed by atoms with E-state index in [-0.39, 0.29) is 22.2 Å². The molecule has 1 saturated heterocycles. The molecule has 1 aliphatic rings. The van der Waals surface area contributed by atoms with E-state index in [1.807, 2.05) is 4.90 Å². The first-order valence-electron chi connectivity index (χ1n) is 10.1. The van der Waals surface area contributed by atoms with Crippen LogP contribution < -0.4 is 15.4 Å². The molecule has 0 saturated carbocycles. The van der Waals surface area contributed by atoms with Crippen LogP contribution in [0.2, 0.25) is 5.02 Å². The number of hydrogen-bond acceptors (Lipinski definition) is 7. The predicted molar refractivity (Wildman–Crippen MR) is 122 cm³/mol. The summed E-state index contributed by atoms with van der Waals surface area (Å²) in [5.74, 6) is -1.72. The number of amides is 1. The number of hydrogen-bond donors (Lipinski definition) is 4. The van der Waals surface area contributed by atoms with Crippen LogP contribution in [0.25, 0.3) is 0 Å². The zero-order chi connectivity index (χ0) is 23.3. The maximum Gasteiger partial charge on any atom is 0.260 e. The number of nitrogens with zero attached hydrogens (tertiary/aromatic N) is 2. The Morgan fingerprint density at radius 1 is 1.28 bits per heavy atom. The van der Waals surface area contributed by atoms with Gasteiger partial charge < -0.3 is 15.7 Å². The van der Waals surface area contributed by atoms with Crippen molar-refractivity contribution in [2.45, 2.75) is 32.5 Å². The highest BCUT2D eigenvalue weighted by Gasteiger charge is 2.23. The molecular weight excluding hydrogens is 461 g/mol. The Hall–Kier alpha value is -2.47. The van der Waals surface area contributed by atoms with E-state index < -0.39 is 33.7 Å². The van der Waals surface area contributed by atoms with Gasteiger partial charge in [-0.05, 0) is 43.5 Å². The second-order valence-electron chi connectivity index (χ2n) is 7.35. The van der Waals surface area contributed by atoms with E-state index in [0.29, 0.717) is 12.2 Å². The third-order valence-electron chi connectivity index (χ3n) is 4.84. The number of pyridine rings is 1. The van der Waals surface area contributed by atoms with Gasteiger partial charge in [0.25, 0.3) is 5.91 Å². The normalized spacial score (nSPS) is 15.4. The van der Waals surface area contributed by atoms with Crippen molar-refractivity contribution in [3.8, 4) is 0 Å². The van der Waals surface area contributed by atoms with E-state index in [0.717, 1.165) is 32.0 Å². The predicted octanol–water partition coefficient (Wildman–Crippen LogP) is 3.06. The molecule has 0 bridgehead atoms. The Morgan fingerprint density at radius 2 is 2.00 bits per heavy atom. The number of anilines is 3. The number of carbonyl (C=O) groups excluding carboxylic acids is 1. The van der Waals surface area contributed by atoms with E-state index in [9.17, 15) is 22.7 Å². The number of rotatable bonds is 9. The van der Waals surface area contributed by atoms with Crippen LogP contribution in [-0.4, -0.2) is 54.5 Å². The number of likely N-dealkylation sites (tertiary alicyclic amines) is 1. The van der Waals surface area contributed by atoms with Crippen molar-refractivity contribution in [3.63, 3.8) is 0 Å². The average molecular weight is 486 g/mol. The number of nitrogens with one attached hydrogen (secondary N) is 3. The first-order chi connectivity index (χ1) is 15.2. The largest absolute Gasteiger partial charge is 0.361 e. The molecular formula is C20H25ClFN5O4S. The number of sulfonamides is 1. The monoisotopic (exact) mass is 485 g/mol. The minimum absolute atomic E-state index is 0.168. The molecule has 1 amide bonds.